The molecule has 0 radical (unpaired) electrons. The minimum absolute atomic E-state index is 0.400. The molecule has 1 N–H and O–H groups in total. The fourth-order valence-corrected chi connectivity index (χ4v) is 1.58. The van der Waals surface area contributed by atoms with Crippen LogP contribution >= 0.6 is 0 Å². The number of nitrogens with zero attached hydrogens (tertiary/aromatic N) is 1. The molecule has 4 heteroatoms. The lowest BCUT2D eigenvalue weighted by molar-refractivity contribution is -0.157. The highest BCUT2D eigenvalue weighted by Crippen LogP contribution is 2.22. The molecule has 0 aliphatic carbocycles. The second-order valence-electron chi connectivity index (χ2n) is 3.80. The SMILES string of the molecule is CC1CCN(C(=O)C(=O)O)CC1C. The number of likely N-dealkylation sites (tertiary alicyclic amines) is 1. The van der Waals surface area contributed by atoms with E-state index in [0.717, 1.165) is 6.42 Å². The highest BCUT2D eigenvalue weighted by molar-refractivity contribution is 6.31. The fourth-order valence-electron chi connectivity index (χ4n) is 1.58. The maximum Gasteiger partial charge on any atom is 0.394 e. The van der Waals surface area contributed by atoms with Crippen LogP contribution in [0.5, 0.6) is 0 Å². The van der Waals surface area contributed by atoms with Crippen LogP contribution in [0, 0.1) is 11.8 Å². The molecule has 0 saturated carbocycles. The summed E-state index contributed by atoms with van der Waals surface area (Å²) in [7, 11) is 0. The molecule has 13 heavy (non-hydrogen) atoms. The summed E-state index contributed by atoms with van der Waals surface area (Å²) in [5.74, 6) is -1.13. The van der Waals surface area contributed by atoms with Crippen molar-refractivity contribution in [1.29, 1.82) is 0 Å². The van der Waals surface area contributed by atoms with E-state index < -0.39 is 11.9 Å². The van der Waals surface area contributed by atoms with Gasteiger partial charge in [-0.15, -0.1) is 0 Å². The smallest absolute Gasteiger partial charge is 0.394 e. The quantitative estimate of drug-likeness (QED) is 0.561. The third-order valence-corrected chi connectivity index (χ3v) is 2.80. The van der Waals surface area contributed by atoms with E-state index in [-0.39, 0.29) is 0 Å². The van der Waals surface area contributed by atoms with E-state index in [1.165, 1.54) is 4.90 Å². The van der Waals surface area contributed by atoms with Crippen LogP contribution in [0.15, 0.2) is 0 Å². The highest BCUT2D eigenvalue weighted by atomic mass is 16.4. The van der Waals surface area contributed by atoms with Gasteiger partial charge in [0, 0.05) is 13.1 Å². The van der Waals surface area contributed by atoms with Crippen molar-refractivity contribution >= 4 is 11.9 Å². The molecule has 0 bridgehead atoms. The number of hydrogen-bond donors (Lipinski definition) is 1. The van der Waals surface area contributed by atoms with E-state index in [4.69, 9.17) is 5.11 Å². The van der Waals surface area contributed by atoms with Crippen LogP contribution in [0.1, 0.15) is 20.3 Å². The Morgan fingerprint density at radius 1 is 1.31 bits per heavy atom. The van der Waals surface area contributed by atoms with Gasteiger partial charge in [0.15, 0.2) is 0 Å². The lowest BCUT2D eigenvalue weighted by Gasteiger charge is -2.34. The van der Waals surface area contributed by atoms with E-state index in [2.05, 4.69) is 6.92 Å². The van der Waals surface area contributed by atoms with Crippen LogP contribution in [-0.4, -0.2) is 35.0 Å². The summed E-state index contributed by atoms with van der Waals surface area (Å²) in [5.41, 5.74) is 0. The third kappa shape index (κ3) is 2.20. The van der Waals surface area contributed by atoms with Gasteiger partial charge in [-0.3, -0.25) is 4.79 Å². The van der Waals surface area contributed by atoms with Crippen molar-refractivity contribution in [3.8, 4) is 0 Å². The number of carboxylic acid groups (broad SMARTS) is 1. The van der Waals surface area contributed by atoms with Crippen molar-refractivity contribution < 1.29 is 14.7 Å². The number of aliphatic carboxylic acids is 1. The summed E-state index contributed by atoms with van der Waals surface area (Å²) < 4.78 is 0. The second-order valence-corrected chi connectivity index (χ2v) is 3.80. The largest absolute Gasteiger partial charge is 0.474 e. The summed E-state index contributed by atoms with van der Waals surface area (Å²) in [6.45, 7) is 5.34. The first kappa shape index (κ1) is 10.0. The number of carbonyl (C=O) groups is 2. The first-order valence-corrected chi connectivity index (χ1v) is 4.54. The van der Waals surface area contributed by atoms with Crippen LogP contribution in [0.2, 0.25) is 0 Å². The first-order chi connectivity index (χ1) is 6.02. The molecule has 1 heterocycles. The van der Waals surface area contributed by atoms with Gasteiger partial charge < -0.3 is 10.0 Å². The maximum absolute atomic E-state index is 11.1. The Bertz CT molecular complexity index is 227. The second kappa shape index (κ2) is 3.77. The number of hydrogen-bond acceptors (Lipinski definition) is 2. The van der Waals surface area contributed by atoms with E-state index in [9.17, 15) is 9.59 Å². The van der Waals surface area contributed by atoms with Gasteiger partial charge in [0.2, 0.25) is 0 Å². The predicted octanol–water partition coefficient (Wildman–Crippen LogP) is 0.575. The molecule has 1 aliphatic heterocycles. The molecule has 1 aliphatic rings. The normalized spacial score (nSPS) is 28.6. The summed E-state index contributed by atoms with van der Waals surface area (Å²) in [5, 5.41) is 8.50. The number of rotatable bonds is 0. The van der Waals surface area contributed by atoms with Gasteiger partial charge in [0.1, 0.15) is 0 Å². The Balaban J connectivity index is 2.55. The Morgan fingerprint density at radius 3 is 2.38 bits per heavy atom. The van der Waals surface area contributed by atoms with Gasteiger partial charge in [-0.1, -0.05) is 13.8 Å². The van der Waals surface area contributed by atoms with Gasteiger partial charge in [-0.25, -0.2) is 4.79 Å². The van der Waals surface area contributed by atoms with Gasteiger partial charge >= 0.3 is 11.9 Å². The van der Waals surface area contributed by atoms with Crippen LogP contribution in [0.25, 0.3) is 0 Å². The zero-order valence-corrected chi connectivity index (χ0v) is 7.99. The average Bonchev–Trinajstić information content (AvgIpc) is 2.08. The molecule has 0 aromatic heterocycles. The Morgan fingerprint density at radius 2 is 1.92 bits per heavy atom. The zero-order chi connectivity index (χ0) is 10.0. The topological polar surface area (TPSA) is 57.6 Å². The molecular formula is C9H15NO3. The van der Waals surface area contributed by atoms with Crippen molar-refractivity contribution in [1.82, 2.24) is 4.90 Å². The van der Waals surface area contributed by atoms with Gasteiger partial charge in [0.05, 0.1) is 0 Å². The molecule has 0 aromatic carbocycles. The van der Waals surface area contributed by atoms with Crippen molar-refractivity contribution in [2.24, 2.45) is 11.8 Å². The zero-order valence-electron chi connectivity index (χ0n) is 7.99. The molecule has 2 unspecified atom stereocenters. The van der Waals surface area contributed by atoms with Gasteiger partial charge in [0.25, 0.3) is 0 Å². The molecule has 1 saturated heterocycles. The molecule has 1 amide bonds. The summed E-state index contributed by atoms with van der Waals surface area (Å²) in [6, 6.07) is 0. The predicted molar refractivity (Wildman–Crippen MR) is 47.2 cm³/mol. The third-order valence-electron chi connectivity index (χ3n) is 2.80. The lowest BCUT2D eigenvalue weighted by Crippen LogP contribution is -2.45. The van der Waals surface area contributed by atoms with E-state index >= 15 is 0 Å². The minimum atomic E-state index is -1.35. The molecule has 1 rings (SSSR count). The highest BCUT2D eigenvalue weighted by Gasteiger charge is 2.28. The van der Waals surface area contributed by atoms with E-state index in [1.807, 2.05) is 6.92 Å². The van der Waals surface area contributed by atoms with Crippen LogP contribution < -0.4 is 0 Å². The van der Waals surface area contributed by atoms with Crippen LogP contribution in [0.3, 0.4) is 0 Å². The Labute approximate surface area is 77.5 Å². The summed E-state index contributed by atoms with van der Waals surface area (Å²) >= 11 is 0. The van der Waals surface area contributed by atoms with Crippen molar-refractivity contribution in [3.05, 3.63) is 0 Å². The number of amides is 1. The minimum Gasteiger partial charge on any atom is -0.474 e. The monoisotopic (exact) mass is 185 g/mol. The van der Waals surface area contributed by atoms with Crippen molar-refractivity contribution in [2.45, 2.75) is 20.3 Å². The maximum atomic E-state index is 11.1. The molecule has 0 aromatic rings. The fraction of sp³-hybridized carbons (Fsp3) is 0.778. The number of piperidine rings is 1. The molecule has 2 atom stereocenters. The molecule has 0 spiro atoms. The Hall–Kier alpha value is -1.06. The van der Waals surface area contributed by atoms with Crippen LogP contribution in [0.4, 0.5) is 0 Å². The van der Waals surface area contributed by atoms with Crippen LogP contribution in [-0.2, 0) is 9.59 Å². The van der Waals surface area contributed by atoms with Gasteiger partial charge in [-0.05, 0) is 18.3 Å². The van der Waals surface area contributed by atoms with E-state index in [1.54, 1.807) is 0 Å². The Kier molecular flexibility index (Phi) is 2.90. The lowest BCUT2D eigenvalue weighted by atomic mass is 9.89. The molecule has 1 fully saturated rings. The average molecular weight is 185 g/mol. The van der Waals surface area contributed by atoms with Crippen molar-refractivity contribution in [2.75, 3.05) is 13.1 Å². The number of carbonyl (C=O) groups excluding carboxylic acids is 1. The molecule has 4 nitrogen and oxygen atoms in total. The number of carboxylic acids is 1. The van der Waals surface area contributed by atoms with E-state index in [0.29, 0.717) is 24.9 Å². The molecule has 74 valence electrons. The van der Waals surface area contributed by atoms with Crippen molar-refractivity contribution in [3.63, 3.8) is 0 Å². The summed E-state index contributed by atoms with van der Waals surface area (Å²) in [4.78, 5) is 22.9. The summed E-state index contributed by atoms with van der Waals surface area (Å²) in [6.07, 6.45) is 0.903. The standard InChI is InChI=1S/C9H15NO3/c1-6-3-4-10(5-7(6)2)8(11)9(12)13/h6-7H,3-5H2,1-2H3,(H,12,13). The first-order valence-electron chi connectivity index (χ1n) is 4.54. The van der Waals surface area contributed by atoms with Gasteiger partial charge in [-0.2, -0.15) is 0 Å². The molecular weight excluding hydrogens is 170 g/mol.